The molecule has 3 rings (SSSR count). The van der Waals surface area contributed by atoms with Gasteiger partial charge in [-0.2, -0.15) is 0 Å². The van der Waals surface area contributed by atoms with Crippen LogP contribution >= 0.6 is 11.8 Å². The number of para-hydroxylation sites is 1. The van der Waals surface area contributed by atoms with Crippen LogP contribution in [-0.4, -0.2) is 26.4 Å². The second kappa shape index (κ2) is 8.53. The first kappa shape index (κ1) is 18.0. The number of benzene rings is 2. The Morgan fingerprint density at radius 3 is 2.73 bits per heavy atom. The Labute approximate surface area is 156 Å². The van der Waals surface area contributed by atoms with Crippen molar-refractivity contribution in [2.75, 3.05) is 11.1 Å². The fraction of sp³-hybridized carbons (Fsp3) is 0.211. The summed E-state index contributed by atoms with van der Waals surface area (Å²) in [6.07, 6.45) is 0. The van der Waals surface area contributed by atoms with Crippen LogP contribution < -0.4 is 10.1 Å². The minimum Gasteiger partial charge on any atom is -0.486 e. The van der Waals surface area contributed by atoms with Crippen molar-refractivity contribution in [3.63, 3.8) is 0 Å². The normalized spacial score (nSPS) is 10.5. The highest BCUT2D eigenvalue weighted by molar-refractivity contribution is 7.99. The first-order valence-corrected chi connectivity index (χ1v) is 9.16. The lowest BCUT2D eigenvalue weighted by Crippen LogP contribution is -2.14. The van der Waals surface area contributed by atoms with Crippen molar-refractivity contribution < 1.29 is 9.53 Å². The molecular weight excluding hydrogens is 348 g/mol. The average Bonchev–Trinajstić information content (AvgIpc) is 2.99. The topological polar surface area (TPSA) is 69.0 Å². The first-order chi connectivity index (χ1) is 12.6. The van der Waals surface area contributed by atoms with Gasteiger partial charge in [-0.05, 0) is 36.8 Å². The molecule has 26 heavy (non-hydrogen) atoms. The third kappa shape index (κ3) is 4.86. The molecule has 1 heterocycles. The summed E-state index contributed by atoms with van der Waals surface area (Å²) < 4.78 is 7.60. The third-order valence-corrected chi connectivity index (χ3v) is 4.69. The van der Waals surface area contributed by atoms with Crippen LogP contribution in [0.3, 0.4) is 0 Å². The smallest absolute Gasteiger partial charge is 0.234 e. The number of carbonyl (C=O) groups excluding carboxylic acids is 1. The Balaban J connectivity index is 1.52. The Kier molecular flexibility index (Phi) is 5.91. The van der Waals surface area contributed by atoms with Crippen LogP contribution in [0.2, 0.25) is 0 Å². The maximum atomic E-state index is 12.0. The molecule has 1 N–H and O–H groups in total. The summed E-state index contributed by atoms with van der Waals surface area (Å²) in [4.78, 5) is 12.0. The lowest BCUT2D eigenvalue weighted by atomic mass is 10.2. The van der Waals surface area contributed by atoms with Crippen LogP contribution in [0.5, 0.6) is 5.75 Å². The zero-order valence-corrected chi connectivity index (χ0v) is 15.5. The van der Waals surface area contributed by atoms with Crippen molar-refractivity contribution >= 4 is 23.4 Å². The molecule has 0 atom stereocenters. The summed E-state index contributed by atoms with van der Waals surface area (Å²) in [5, 5.41) is 11.8. The number of ether oxygens (including phenoxy) is 1. The lowest BCUT2D eigenvalue weighted by Gasteiger charge is -2.07. The molecule has 0 fully saturated rings. The number of amides is 1. The van der Waals surface area contributed by atoms with Crippen molar-refractivity contribution in [3.05, 3.63) is 66.0 Å². The summed E-state index contributed by atoms with van der Waals surface area (Å²) in [5.74, 6) is 1.68. The first-order valence-electron chi connectivity index (χ1n) is 8.17. The molecule has 0 aliphatic heterocycles. The van der Waals surface area contributed by atoms with E-state index in [0.717, 1.165) is 17.0 Å². The number of thioether (sulfide) groups is 1. The van der Waals surface area contributed by atoms with E-state index >= 15 is 0 Å². The van der Waals surface area contributed by atoms with Crippen LogP contribution in [0.4, 0.5) is 5.69 Å². The van der Waals surface area contributed by atoms with E-state index in [2.05, 4.69) is 15.5 Å². The van der Waals surface area contributed by atoms with Gasteiger partial charge in [-0.3, -0.25) is 4.79 Å². The lowest BCUT2D eigenvalue weighted by molar-refractivity contribution is -0.113. The van der Waals surface area contributed by atoms with Gasteiger partial charge in [-0.25, -0.2) is 0 Å². The van der Waals surface area contributed by atoms with Gasteiger partial charge in [0.1, 0.15) is 12.4 Å². The summed E-state index contributed by atoms with van der Waals surface area (Å²) in [6, 6.07) is 17.2. The molecule has 0 saturated heterocycles. The molecule has 0 aliphatic rings. The van der Waals surface area contributed by atoms with E-state index in [1.165, 1.54) is 11.8 Å². The number of anilines is 1. The molecule has 6 nitrogen and oxygen atoms in total. The molecule has 0 radical (unpaired) electrons. The monoisotopic (exact) mass is 368 g/mol. The molecule has 134 valence electrons. The minimum absolute atomic E-state index is 0.0817. The van der Waals surface area contributed by atoms with Crippen molar-refractivity contribution in [3.8, 4) is 5.75 Å². The molecule has 1 aromatic heterocycles. The third-order valence-electron chi connectivity index (χ3n) is 3.67. The van der Waals surface area contributed by atoms with Gasteiger partial charge in [0, 0.05) is 12.7 Å². The summed E-state index contributed by atoms with van der Waals surface area (Å²) in [7, 11) is 1.87. The van der Waals surface area contributed by atoms with E-state index < -0.39 is 0 Å². The zero-order chi connectivity index (χ0) is 18.4. The highest BCUT2D eigenvalue weighted by Gasteiger charge is 2.12. The van der Waals surface area contributed by atoms with Crippen molar-refractivity contribution in [1.82, 2.24) is 14.8 Å². The summed E-state index contributed by atoms with van der Waals surface area (Å²) in [6.45, 7) is 2.34. The van der Waals surface area contributed by atoms with Crippen molar-refractivity contribution in [2.24, 2.45) is 7.05 Å². The van der Waals surface area contributed by atoms with Gasteiger partial charge in [-0.1, -0.05) is 42.1 Å². The number of aryl methyl sites for hydroxylation is 1. The highest BCUT2D eigenvalue weighted by atomic mass is 32.2. The Morgan fingerprint density at radius 1 is 1.15 bits per heavy atom. The van der Waals surface area contributed by atoms with Gasteiger partial charge in [0.25, 0.3) is 0 Å². The predicted molar refractivity (Wildman–Crippen MR) is 102 cm³/mol. The molecular formula is C19H20N4O2S. The van der Waals surface area contributed by atoms with Crippen molar-refractivity contribution in [1.29, 1.82) is 0 Å². The number of rotatable bonds is 7. The van der Waals surface area contributed by atoms with E-state index in [-0.39, 0.29) is 11.7 Å². The van der Waals surface area contributed by atoms with E-state index in [4.69, 9.17) is 4.74 Å². The van der Waals surface area contributed by atoms with Gasteiger partial charge < -0.3 is 14.6 Å². The van der Waals surface area contributed by atoms with Gasteiger partial charge in [-0.15, -0.1) is 10.2 Å². The molecule has 0 saturated carbocycles. The highest BCUT2D eigenvalue weighted by Crippen LogP contribution is 2.18. The molecule has 0 aliphatic carbocycles. The standard InChI is InChI=1S/C19H20N4O2S/c1-14-7-6-10-16(11-14)25-12-17-21-22-19(23(17)2)26-13-18(24)20-15-8-4-3-5-9-15/h3-11H,12-13H2,1-2H3,(H,20,24). The molecule has 0 spiro atoms. The van der Waals surface area contributed by atoms with E-state index in [1.54, 1.807) is 0 Å². The Hall–Kier alpha value is -2.80. The second-order valence-corrected chi connectivity index (χ2v) is 6.71. The van der Waals surface area contributed by atoms with Gasteiger partial charge >= 0.3 is 0 Å². The van der Waals surface area contributed by atoms with Crippen molar-refractivity contribution in [2.45, 2.75) is 18.7 Å². The van der Waals surface area contributed by atoms with Crippen LogP contribution in [0.1, 0.15) is 11.4 Å². The molecule has 3 aromatic rings. The Morgan fingerprint density at radius 2 is 1.96 bits per heavy atom. The molecule has 7 heteroatoms. The number of aromatic nitrogens is 3. The van der Waals surface area contributed by atoms with Crippen LogP contribution in [0.25, 0.3) is 0 Å². The zero-order valence-electron chi connectivity index (χ0n) is 14.7. The number of carbonyl (C=O) groups is 1. The Bertz CT molecular complexity index is 880. The fourth-order valence-electron chi connectivity index (χ4n) is 2.30. The van der Waals surface area contributed by atoms with E-state index in [9.17, 15) is 4.79 Å². The maximum Gasteiger partial charge on any atom is 0.234 e. The van der Waals surface area contributed by atoms with E-state index in [1.807, 2.05) is 73.1 Å². The van der Waals surface area contributed by atoms with Gasteiger partial charge in [0.2, 0.25) is 5.91 Å². The molecule has 0 unspecified atom stereocenters. The molecule has 1 amide bonds. The second-order valence-electron chi connectivity index (χ2n) is 5.77. The van der Waals surface area contributed by atoms with Crippen LogP contribution in [0.15, 0.2) is 59.8 Å². The average molecular weight is 368 g/mol. The van der Waals surface area contributed by atoms with Crippen LogP contribution in [-0.2, 0) is 18.4 Å². The maximum absolute atomic E-state index is 12.0. The summed E-state index contributed by atoms with van der Waals surface area (Å²) >= 11 is 1.34. The van der Waals surface area contributed by atoms with Gasteiger partial charge in [0.15, 0.2) is 11.0 Å². The minimum atomic E-state index is -0.0817. The largest absolute Gasteiger partial charge is 0.486 e. The summed E-state index contributed by atoms with van der Waals surface area (Å²) in [5.41, 5.74) is 1.92. The van der Waals surface area contributed by atoms with Crippen LogP contribution in [0, 0.1) is 6.92 Å². The van der Waals surface area contributed by atoms with E-state index in [0.29, 0.717) is 17.6 Å². The van der Waals surface area contributed by atoms with Gasteiger partial charge in [0.05, 0.1) is 5.75 Å². The molecule has 2 aromatic carbocycles. The number of nitrogens with one attached hydrogen (secondary N) is 1. The predicted octanol–water partition coefficient (Wildman–Crippen LogP) is 3.43. The molecule has 0 bridgehead atoms. The number of hydrogen-bond donors (Lipinski definition) is 1. The fourth-order valence-corrected chi connectivity index (χ4v) is 3.03. The number of hydrogen-bond acceptors (Lipinski definition) is 5. The number of nitrogens with zero attached hydrogens (tertiary/aromatic N) is 3. The SMILES string of the molecule is Cc1cccc(OCc2nnc(SCC(=O)Nc3ccccc3)n2C)c1. The quantitative estimate of drug-likeness (QED) is 0.647.